The Labute approximate surface area is 155 Å². The van der Waals surface area contributed by atoms with E-state index in [2.05, 4.69) is 10.1 Å². The molecule has 1 aliphatic heterocycles. The first-order valence-electron chi connectivity index (χ1n) is 11.3. The highest BCUT2D eigenvalue weighted by atomic mass is 16.6. The molecule has 0 bridgehead atoms. The van der Waals surface area contributed by atoms with Crippen LogP contribution in [0.2, 0.25) is 0 Å². The Hall–Kier alpha value is -0.570. The number of hydrogen-bond donors (Lipinski definition) is 0. The summed E-state index contributed by atoms with van der Waals surface area (Å²) >= 11 is 0. The molecule has 0 amide bonds. The van der Waals surface area contributed by atoms with Crippen LogP contribution in [0, 0.1) is 11.8 Å². The molecule has 0 unspecified atom stereocenters. The summed E-state index contributed by atoms with van der Waals surface area (Å²) in [4.78, 5) is 8.37. The van der Waals surface area contributed by atoms with Crippen LogP contribution in [0.25, 0.3) is 0 Å². The van der Waals surface area contributed by atoms with Crippen LogP contribution in [0.1, 0.15) is 96.3 Å². The third kappa shape index (κ3) is 7.29. The summed E-state index contributed by atoms with van der Waals surface area (Å²) in [5, 5.41) is 4.24. The second kappa shape index (κ2) is 11.2. The summed E-state index contributed by atoms with van der Waals surface area (Å²) in [7, 11) is 0. The SMILES string of the molecule is C(/CCC1CCN(CCC2CCCCC2)CC1)=N\OC1CCCCC1. The molecule has 2 aliphatic carbocycles. The Balaban J connectivity index is 1.20. The smallest absolute Gasteiger partial charge is 0.127 e. The number of oxime groups is 1. The van der Waals surface area contributed by atoms with E-state index in [0.717, 1.165) is 18.3 Å². The third-order valence-corrected chi connectivity index (χ3v) is 6.83. The van der Waals surface area contributed by atoms with Crippen LogP contribution in [-0.4, -0.2) is 36.9 Å². The van der Waals surface area contributed by atoms with E-state index in [4.69, 9.17) is 4.84 Å². The largest absolute Gasteiger partial charge is 0.393 e. The predicted molar refractivity (Wildman–Crippen MR) is 106 cm³/mol. The zero-order chi connectivity index (χ0) is 17.2. The summed E-state index contributed by atoms with van der Waals surface area (Å²) in [6, 6.07) is 0. The Kier molecular flexibility index (Phi) is 8.61. The molecule has 0 N–H and O–H groups in total. The van der Waals surface area contributed by atoms with E-state index in [-0.39, 0.29) is 0 Å². The molecule has 25 heavy (non-hydrogen) atoms. The van der Waals surface area contributed by atoms with E-state index < -0.39 is 0 Å². The van der Waals surface area contributed by atoms with Gasteiger partial charge in [-0.2, -0.15) is 0 Å². The first-order valence-corrected chi connectivity index (χ1v) is 11.3. The number of hydrogen-bond acceptors (Lipinski definition) is 3. The van der Waals surface area contributed by atoms with Gasteiger partial charge in [0.05, 0.1) is 0 Å². The van der Waals surface area contributed by atoms with Crippen LogP contribution in [0.15, 0.2) is 5.16 Å². The normalized spacial score (nSPS) is 25.6. The van der Waals surface area contributed by atoms with E-state index in [0.29, 0.717) is 6.10 Å². The molecule has 3 rings (SSSR count). The molecule has 0 aromatic carbocycles. The van der Waals surface area contributed by atoms with Gasteiger partial charge in [-0.3, -0.25) is 0 Å². The number of rotatable bonds is 8. The van der Waals surface area contributed by atoms with Crippen molar-refractivity contribution in [2.24, 2.45) is 17.0 Å². The van der Waals surface area contributed by atoms with Crippen molar-refractivity contribution in [2.45, 2.75) is 102 Å². The molecule has 0 atom stereocenters. The lowest BCUT2D eigenvalue weighted by Gasteiger charge is -2.33. The van der Waals surface area contributed by atoms with Crippen LogP contribution in [-0.2, 0) is 4.84 Å². The van der Waals surface area contributed by atoms with Crippen molar-refractivity contribution in [2.75, 3.05) is 19.6 Å². The van der Waals surface area contributed by atoms with Crippen molar-refractivity contribution in [1.29, 1.82) is 0 Å². The standard InChI is InChI=1S/C22H40N2O/c1-3-8-20(9-4-1)13-17-24-18-14-21(15-19-24)10-7-16-23-25-22-11-5-2-6-12-22/h16,20-22H,1-15,17-19H2/b23-16+. The van der Waals surface area contributed by atoms with Crippen molar-refractivity contribution in [1.82, 2.24) is 4.90 Å². The van der Waals surface area contributed by atoms with Crippen molar-refractivity contribution in [3.63, 3.8) is 0 Å². The maximum absolute atomic E-state index is 5.64. The molecule has 1 saturated heterocycles. The molecule has 2 saturated carbocycles. The molecule has 3 heteroatoms. The van der Waals surface area contributed by atoms with Crippen molar-refractivity contribution in [3.05, 3.63) is 0 Å². The summed E-state index contributed by atoms with van der Waals surface area (Å²) < 4.78 is 0. The minimum absolute atomic E-state index is 0.400. The van der Waals surface area contributed by atoms with E-state index in [1.54, 1.807) is 0 Å². The van der Waals surface area contributed by atoms with E-state index in [1.165, 1.54) is 110 Å². The van der Waals surface area contributed by atoms with Gasteiger partial charge in [-0.25, -0.2) is 0 Å². The fourth-order valence-corrected chi connectivity index (χ4v) is 5.00. The van der Waals surface area contributed by atoms with Crippen LogP contribution in [0.5, 0.6) is 0 Å². The molecule has 3 fully saturated rings. The van der Waals surface area contributed by atoms with Crippen molar-refractivity contribution < 1.29 is 4.84 Å². The lowest BCUT2D eigenvalue weighted by molar-refractivity contribution is 0.0335. The molecule has 0 radical (unpaired) electrons. The Bertz CT molecular complexity index is 364. The van der Waals surface area contributed by atoms with Gasteiger partial charge >= 0.3 is 0 Å². The predicted octanol–water partition coefficient (Wildman–Crippen LogP) is 5.78. The van der Waals surface area contributed by atoms with Crippen LogP contribution >= 0.6 is 0 Å². The van der Waals surface area contributed by atoms with Gasteiger partial charge in [0.1, 0.15) is 6.10 Å². The van der Waals surface area contributed by atoms with Gasteiger partial charge in [0.25, 0.3) is 0 Å². The average molecular weight is 349 g/mol. The first kappa shape index (κ1) is 19.2. The number of piperidine rings is 1. The average Bonchev–Trinajstić information content (AvgIpc) is 2.69. The molecule has 0 aromatic heterocycles. The number of nitrogens with zero attached hydrogens (tertiary/aromatic N) is 2. The van der Waals surface area contributed by atoms with E-state index in [1.807, 2.05) is 6.21 Å². The van der Waals surface area contributed by atoms with Gasteiger partial charge in [-0.15, -0.1) is 0 Å². The maximum atomic E-state index is 5.64. The molecular formula is C22H40N2O. The van der Waals surface area contributed by atoms with E-state index >= 15 is 0 Å². The second-order valence-corrected chi connectivity index (χ2v) is 8.81. The summed E-state index contributed by atoms with van der Waals surface area (Å²) in [5.41, 5.74) is 0. The van der Waals surface area contributed by atoms with Crippen LogP contribution in [0.3, 0.4) is 0 Å². The highest BCUT2D eigenvalue weighted by Crippen LogP contribution is 2.28. The fourth-order valence-electron chi connectivity index (χ4n) is 5.00. The zero-order valence-corrected chi connectivity index (χ0v) is 16.3. The highest BCUT2D eigenvalue weighted by molar-refractivity contribution is 5.56. The van der Waals surface area contributed by atoms with Gasteiger partial charge < -0.3 is 9.74 Å². The van der Waals surface area contributed by atoms with Crippen LogP contribution < -0.4 is 0 Å². The lowest BCUT2D eigenvalue weighted by Crippen LogP contribution is -2.35. The van der Waals surface area contributed by atoms with Gasteiger partial charge in [-0.1, -0.05) is 43.7 Å². The molecule has 3 nitrogen and oxygen atoms in total. The summed E-state index contributed by atoms with van der Waals surface area (Å²) in [6.07, 6.45) is 22.9. The van der Waals surface area contributed by atoms with Gasteiger partial charge in [-0.05, 0) is 89.3 Å². The minimum atomic E-state index is 0.400. The zero-order valence-electron chi connectivity index (χ0n) is 16.3. The van der Waals surface area contributed by atoms with E-state index in [9.17, 15) is 0 Å². The lowest BCUT2D eigenvalue weighted by atomic mass is 9.86. The van der Waals surface area contributed by atoms with Gasteiger partial charge in [0, 0.05) is 6.21 Å². The fraction of sp³-hybridized carbons (Fsp3) is 0.955. The van der Waals surface area contributed by atoms with Gasteiger partial charge in [0.2, 0.25) is 0 Å². The first-order chi connectivity index (χ1) is 12.4. The second-order valence-electron chi connectivity index (χ2n) is 8.81. The maximum Gasteiger partial charge on any atom is 0.127 e. The Morgan fingerprint density at radius 2 is 1.40 bits per heavy atom. The molecule has 0 aromatic rings. The number of likely N-dealkylation sites (tertiary alicyclic amines) is 1. The quantitative estimate of drug-likeness (QED) is 0.410. The summed E-state index contributed by atoms with van der Waals surface area (Å²) in [5.74, 6) is 1.94. The monoisotopic (exact) mass is 348 g/mol. The van der Waals surface area contributed by atoms with Crippen molar-refractivity contribution >= 4 is 6.21 Å². The molecule has 144 valence electrons. The molecule has 0 spiro atoms. The molecule has 1 heterocycles. The van der Waals surface area contributed by atoms with Crippen molar-refractivity contribution in [3.8, 4) is 0 Å². The molecular weight excluding hydrogens is 308 g/mol. The highest BCUT2D eigenvalue weighted by Gasteiger charge is 2.20. The third-order valence-electron chi connectivity index (χ3n) is 6.83. The Morgan fingerprint density at radius 3 is 2.12 bits per heavy atom. The summed E-state index contributed by atoms with van der Waals surface area (Å²) in [6.45, 7) is 4.01. The topological polar surface area (TPSA) is 24.8 Å². The molecule has 3 aliphatic rings. The minimum Gasteiger partial charge on any atom is -0.393 e. The van der Waals surface area contributed by atoms with Gasteiger partial charge in [0.15, 0.2) is 0 Å². The Morgan fingerprint density at radius 1 is 0.760 bits per heavy atom. The van der Waals surface area contributed by atoms with Crippen LogP contribution in [0.4, 0.5) is 0 Å².